The normalized spacial score (nSPS) is 16.5. The van der Waals surface area contributed by atoms with Gasteiger partial charge in [-0.05, 0) is 50.7 Å². The molecule has 31 heavy (non-hydrogen) atoms. The first-order valence-corrected chi connectivity index (χ1v) is 14.1. The van der Waals surface area contributed by atoms with Gasteiger partial charge in [-0.3, -0.25) is 0 Å². The topological polar surface area (TPSA) is 76.0 Å². The summed E-state index contributed by atoms with van der Waals surface area (Å²) in [6, 6.07) is 0. The summed E-state index contributed by atoms with van der Waals surface area (Å²) in [5.74, 6) is -0.423. The van der Waals surface area contributed by atoms with Crippen molar-refractivity contribution in [2.45, 2.75) is 96.2 Å². The van der Waals surface area contributed by atoms with Gasteiger partial charge in [0.05, 0.1) is 19.3 Å². The van der Waals surface area contributed by atoms with Gasteiger partial charge in [0.15, 0.2) is 8.32 Å². The highest BCUT2D eigenvalue weighted by Crippen LogP contribution is 2.37. The molecule has 178 valence electrons. The number of allylic oxidation sites excluding steroid dienone is 5. The number of hydrogen-bond donors (Lipinski definition) is 2. The predicted molar refractivity (Wildman–Crippen MR) is 131 cm³/mol. The van der Waals surface area contributed by atoms with Crippen molar-refractivity contribution in [3.05, 3.63) is 48.6 Å². The molecular weight excluding hydrogens is 408 g/mol. The number of aliphatic hydroxyl groups excluding tert-OH is 2. The molecule has 0 aliphatic rings. The Balaban J connectivity index is 4.06. The van der Waals surface area contributed by atoms with Crippen LogP contribution in [0.2, 0.25) is 18.1 Å². The summed E-state index contributed by atoms with van der Waals surface area (Å²) in [6.07, 6.45) is 16.5. The number of carbonyl (C=O) groups is 1. The zero-order valence-corrected chi connectivity index (χ0v) is 21.5. The average Bonchev–Trinajstić information content (AvgIpc) is 2.65. The second kappa shape index (κ2) is 15.3. The summed E-state index contributed by atoms with van der Waals surface area (Å²) in [4.78, 5) is 10.9. The predicted octanol–water partition coefficient (Wildman–Crippen LogP) is 5.47. The summed E-state index contributed by atoms with van der Waals surface area (Å²) >= 11 is 0. The van der Waals surface area contributed by atoms with E-state index < -0.39 is 26.5 Å². The molecule has 0 aromatic rings. The summed E-state index contributed by atoms with van der Waals surface area (Å²) in [7, 11) is -0.382. The highest BCUT2D eigenvalue weighted by Gasteiger charge is 2.38. The molecule has 0 fully saturated rings. The van der Waals surface area contributed by atoms with Gasteiger partial charge in [-0.2, -0.15) is 0 Å². The number of esters is 1. The van der Waals surface area contributed by atoms with Crippen molar-refractivity contribution in [1.82, 2.24) is 0 Å². The lowest BCUT2D eigenvalue weighted by Crippen LogP contribution is -2.43. The monoisotopic (exact) mass is 452 g/mol. The minimum absolute atomic E-state index is 0.234. The standard InChI is InChI=1S/C25H44O5Si/c1-21(30-31(6,7)25(2,3)4)16-12-9-8-10-13-17-22(26)20-23(27)18-14-11-15-19-24(28)29-5/h8,10-11,13-15,17,19,21-23,26-27H,9,12,16,18,20H2,1-7H3/b10-8+,14-11-,17-13+,19-15+/t21-,22+,23+/m1/s1. The van der Waals surface area contributed by atoms with E-state index >= 15 is 0 Å². The molecule has 5 nitrogen and oxygen atoms in total. The van der Waals surface area contributed by atoms with E-state index in [2.05, 4.69) is 51.6 Å². The summed E-state index contributed by atoms with van der Waals surface area (Å²) in [5, 5.41) is 20.2. The molecule has 0 rings (SSSR count). The third kappa shape index (κ3) is 15.0. The van der Waals surface area contributed by atoms with Crippen LogP contribution in [0, 0.1) is 0 Å². The Hall–Kier alpha value is -1.47. The van der Waals surface area contributed by atoms with Gasteiger partial charge in [0.25, 0.3) is 0 Å². The van der Waals surface area contributed by atoms with Crippen molar-refractivity contribution in [2.75, 3.05) is 7.11 Å². The van der Waals surface area contributed by atoms with Crippen molar-refractivity contribution in [1.29, 1.82) is 0 Å². The Bertz CT molecular complexity index is 614. The van der Waals surface area contributed by atoms with Gasteiger partial charge in [-0.15, -0.1) is 0 Å². The molecule has 0 bridgehead atoms. The zero-order chi connectivity index (χ0) is 23.9. The summed E-state index contributed by atoms with van der Waals surface area (Å²) in [5.41, 5.74) is 0. The van der Waals surface area contributed by atoms with E-state index in [-0.39, 0.29) is 17.6 Å². The third-order valence-corrected chi connectivity index (χ3v) is 10.1. The van der Waals surface area contributed by atoms with Gasteiger partial charge in [0, 0.05) is 18.6 Å². The highest BCUT2D eigenvalue weighted by molar-refractivity contribution is 6.74. The van der Waals surface area contributed by atoms with Crippen LogP contribution in [0.15, 0.2) is 48.6 Å². The maximum Gasteiger partial charge on any atom is 0.330 e. The first-order chi connectivity index (χ1) is 14.4. The van der Waals surface area contributed by atoms with Crippen LogP contribution in [0.3, 0.4) is 0 Å². The Labute approximate surface area is 190 Å². The minimum atomic E-state index is -1.70. The van der Waals surface area contributed by atoms with Crippen molar-refractivity contribution in [3.63, 3.8) is 0 Å². The molecule has 0 heterocycles. The molecule has 0 aromatic carbocycles. The molecule has 0 unspecified atom stereocenters. The largest absolute Gasteiger partial charge is 0.466 e. The average molecular weight is 453 g/mol. The molecule has 0 spiro atoms. The van der Waals surface area contributed by atoms with Crippen molar-refractivity contribution >= 4 is 14.3 Å². The lowest BCUT2D eigenvalue weighted by atomic mass is 10.1. The molecule has 6 heteroatoms. The fourth-order valence-electron chi connectivity index (χ4n) is 2.60. The molecule has 0 radical (unpaired) electrons. The van der Waals surface area contributed by atoms with Crippen molar-refractivity contribution < 1.29 is 24.2 Å². The number of methoxy groups -OCH3 is 1. The van der Waals surface area contributed by atoms with Crippen molar-refractivity contribution in [2.24, 2.45) is 0 Å². The van der Waals surface area contributed by atoms with Gasteiger partial charge in [-0.1, -0.05) is 63.3 Å². The van der Waals surface area contributed by atoms with E-state index in [9.17, 15) is 15.0 Å². The first-order valence-electron chi connectivity index (χ1n) is 11.2. The third-order valence-electron chi connectivity index (χ3n) is 5.47. The second-order valence-corrected chi connectivity index (χ2v) is 14.2. The fourth-order valence-corrected chi connectivity index (χ4v) is 4.08. The molecule has 0 aliphatic carbocycles. The van der Waals surface area contributed by atoms with Crippen molar-refractivity contribution in [3.8, 4) is 0 Å². The van der Waals surface area contributed by atoms with Crippen LogP contribution in [0.1, 0.15) is 59.8 Å². The van der Waals surface area contributed by atoms with E-state index in [0.717, 1.165) is 19.3 Å². The Morgan fingerprint density at radius 1 is 1.06 bits per heavy atom. The second-order valence-electron chi connectivity index (χ2n) is 9.44. The quantitative estimate of drug-likeness (QED) is 0.120. The van der Waals surface area contributed by atoms with Crippen LogP contribution in [-0.4, -0.2) is 49.9 Å². The Kier molecular flexibility index (Phi) is 14.6. The molecule has 0 amide bonds. The van der Waals surface area contributed by atoms with Crippen LogP contribution < -0.4 is 0 Å². The SMILES string of the molecule is COC(=O)/C=C/C=C\C[C@H](O)C[C@@H](O)/C=C/C=C/CCC[C@@H](C)O[Si](C)(C)C(C)(C)C. The van der Waals surface area contributed by atoms with Crippen LogP contribution in [0.25, 0.3) is 0 Å². The number of hydrogen-bond acceptors (Lipinski definition) is 5. The lowest BCUT2D eigenvalue weighted by Gasteiger charge is -2.38. The number of unbranched alkanes of at least 4 members (excludes halogenated alkanes) is 1. The summed E-state index contributed by atoms with van der Waals surface area (Å²) in [6.45, 7) is 13.5. The maximum atomic E-state index is 10.9. The molecule has 2 N–H and O–H groups in total. The highest BCUT2D eigenvalue weighted by atomic mass is 28.4. The first kappa shape index (κ1) is 29.5. The Morgan fingerprint density at radius 2 is 1.71 bits per heavy atom. The fraction of sp³-hybridized carbons (Fsp3) is 0.640. The molecule has 0 aliphatic heterocycles. The van der Waals surface area contributed by atoms with E-state index in [0.29, 0.717) is 6.42 Å². The van der Waals surface area contributed by atoms with Crippen LogP contribution >= 0.6 is 0 Å². The lowest BCUT2D eigenvalue weighted by molar-refractivity contribution is -0.134. The van der Waals surface area contributed by atoms with Crippen LogP contribution in [0.4, 0.5) is 0 Å². The molecule has 0 saturated carbocycles. The number of carbonyl (C=O) groups excluding carboxylic acids is 1. The summed E-state index contributed by atoms with van der Waals surface area (Å²) < 4.78 is 10.8. The van der Waals surface area contributed by atoms with E-state index in [1.807, 2.05) is 12.2 Å². The van der Waals surface area contributed by atoms with Gasteiger partial charge in [0.2, 0.25) is 0 Å². The molecular formula is C25H44O5Si. The van der Waals surface area contributed by atoms with Crippen LogP contribution in [-0.2, 0) is 14.0 Å². The van der Waals surface area contributed by atoms with Gasteiger partial charge >= 0.3 is 5.97 Å². The van der Waals surface area contributed by atoms with E-state index in [1.54, 1.807) is 24.3 Å². The number of ether oxygens (including phenoxy) is 1. The molecule has 0 saturated heterocycles. The molecule has 0 aromatic heterocycles. The van der Waals surface area contributed by atoms with Gasteiger partial charge in [0.1, 0.15) is 0 Å². The maximum absolute atomic E-state index is 10.9. The van der Waals surface area contributed by atoms with E-state index in [1.165, 1.54) is 13.2 Å². The smallest absolute Gasteiger partial charge is 0.330 e. The van der Waals surface area contributed by atoms with Gasteiger partial charge in [-0.25, -0.2) is 4.79 Å². The molecule has 3 atom stereocenters. The zero-order valence-electron chi connectivity index (χ0n) is 20.5. The van der Waals surface area contributed by atoms with Crippen LogP contribution in [0.5, 0.6) is 0 Å². The Morgan fingerprint density at radius 3 is 2.32 bits per heavy atom. The van der Waals surface area contributed by atoms with Gasteiger partial charge < -0.3 is 19.4 Å². The number of aliphatic hydroxyl groups is 2. The number of rotatable bonds is 14. The minimum Gasteiger partial charge on any atom is -0.466 e. The van der Waals surface area contributed by atoms with E-state index in [4.69, 9.17) is 4.43 Å².